The van der Waals surface area contributed by atoms with Crippen molar-refractivity contribution in [2.75, 3.05) is 26.7 Å². The van der Waals surface area contributed by atoms with Gasteiger partial charge in [0, 0.05) is 13.2 Å². The Hall–Kier alpha value is -0.120. The van der Waals surface area contributed by atoms with Gasteiger partial charge in [0.1, 0.15) is 0 Å². The van der Waals surface area contributed by atoms with E-state index in [1.807, 2.05) is 6.92 Å². The molecule has 16 heavy (non-hydrogen) atoms. The molecule has 1 saturated heterocycles. The summed E-state index contributed by atoms with van der Waals surface area (Å²) in [4.78, 5) is 2.36. The van der Waals surface area contributed by atoms with Gasteiger partial charge in [-0.1, -0.05) is 0 Å². The van der Waals surface area contributed by atoms with Gasteiger partial charge >= 0.3 is 0 Å². The molecule has 2 atom stereocenters. The molecule has 0 aliphatic carbocycles. The molecule has 2 unspecified atom stereocenters. The first-order chi connectivity index (χ1) is 7.68. The lowest BCUT2D eigenvalue weighted by molar-refractivity contribution is -0.00170. The molecule has 0 bridgehead atoms. The minimum Gasteiger partial charge on any atom is -0.393 e. The van der Waals surface area contributed by atoms with Gasteiger partial charge in [-0.25, -0.2) is 0 Å². The second-order valence-corrected chi connectivity index (χ2v) is 5.10. The third kappa shape index (κ3) is 6.46. The summed E-state index contributed by atoms with van der Waals surface area (Å²) in [5.74, 6) is 0. The van der Waals surface area contributed by atoms with Gasteiger partial charge < -0.3 is 14.7 Å². The summed E-state index contributed by atoms with van der Waals surface area (Å²) in [5.41, 5.74) is 0. The number of rotatable bonds is 7. The summed E-state index contributed by atoms with van der Waals surface area (Å²) in [6, 6.07) is 0. The fourth-order valence-electron chi connectivity index (χ4n) is 2.21. The average Bonchev–Trinajstić information content (AvgIpc) is 2.25. The van der Waals surface area contributed by atoms with Crippen LogP contribution in [0.3, 0.4) is 0 Å². The number of aliphatic hydroxyl groups is 1. The molecular formula is C13H27NO2. The highest BCUT2D eigenvalue weighted by molar-refractivity contribution is 4.67. The first-order valence-corrected chi connectivity index (χ1v) is 6.66. The Bertz CT molecular complexity index is 167. The minimum atomic E-state index is -0.146. The number of aliphatic hydroxyl groups excluding tert-OH is 1. The highest BCUT2D eigenvalue weighted by atomic mass is 16.5. The maximum Gasteiger partial charge on any atom is 0.0701 e. The third-order valence-corrected chi connectivity index (χ3v) is 3.20. The molecule has 3 heteroatoms. The first-order valence-electron chi connectivity index (χ1n) is 6.66. The quantitative estimate of drug-likeness (QED) is 0.678. The second kappa shape index (κ2) is 8.04. The average molecular weight is 229 g/mol. The predicted octanol–water partition coefficient (Wildman–Crippen LogP) is 2.04. The topological polar surface area (TPSA) is 32.7 Å². The molecule has 0 aromatic rings. The fraction of sp³-hybridized carbons (Fsp3) is 1.00. The predicted molar refractivity (Wildman–Crippen MR) is 66.6 cm³/mol. The molecule has 1 N–H and O–H groups in total. The molecule has 1 aliphatic rings. The highest BCUT2D eigenvalue weighted by Gasteiger charge is 2.15. The molecule has 0 radical (unpaired) electrons. The SMILES string of the molecule is CC(O)CCCCN(C)CC1CCCCO1. The molecule has 96 valence electrons. The van der Waals surface area contributed by atoms with Gasteiger partial charge in [-0.2, -0.15) is 0 Å². The summed E-state index contributed by atoms with van der Waals surface area (Å²) in [6.07, 6.45) is 7.30. The second-order valence-electron chi connectivity index (χ2n) is 5.10. The van der Waals surface area contributed by atoms with Crippen molar-refractivity contribution in [3.8, 4) is 0 Å². The molecule has 3 nitrogen and oxygen atoms in total. The zero-order chi connectivity index (χ0) is 11.8. The van der Waals surface area contributed by atoms with E-state index < -0.39 is 0 Å². The number of ether oxygens (including phenoxy) is 1. The molecule has 1 fully saturated rings. The van der Waals surface area contributed by atoms with E-state index >= 15 is 0 Å². The van der Waals surface area contributed by atoms with Crippen molar-refractivity contribution in [1.29, 1.82) is 0 Å². The number of unbranched alkanes of at least 4 members (excludes halogenated alkanes) is 1. The van der Waals surface area contributed by atoms with E-state index in [4.69, 9.17) is 9.84 Å². The van der Waals surface area contributed by atoms with E-state index in [0.29, 0.717) is 6.10 Å². The number of nitrogens with zero attached hydrogens (tertiary/aromatic N) is 1. The van der Waals surface area contributed by atoms with Crippen molar-refractivity contribution in [2.24, 2.45) is 0 Å². The van der Waals surface area contributed by atoms with Crippen LogP contribution in [-0.2, 0) is 4.74 Å². The van der Waals surface area contributed by atoms with Gasteiger partial charge in [-0.15, -0.1) is 0 Å². The van der Waals surface area contributed by atoms with Gasteiger partial charge in [-0.3, -0.25) is 0 Å². The van der Waals surface area contributed by atoms with Crippen molar-refractivity contribution in [3.63, 3.8) is 0 Å². The van der Waals surface area contributed by atoms with Crippen LogP contribution >= 0.6 is 0 Å². The van der Waals surface area contributed by atoms with Gasteiger partial charge in [0.05, 0.1) is 12.2 Å². The largest absolute Gasteiger partial charge is 0.393 e. The van der Waals surface area contributed by atoms with Crippen molar-refractivity contribution in [3.05, 3.63) is 0 Å². The zero-order valence-corrected chi connectivity index (χ0v) is 10.8. The van der Waals surface area contributed by atoms with Crippen LogP contribution in [0.1, 0.15) is 45.4 Å². The maximum atomic E-state index is 9.15. The Morgan fingerprint density at radius 2 is 2.19 bits per heavy atom. The first kappa shape index (κ1) is 13.9. The number of hydrogen-bond donors (Lipinski definition) is 1. The van der Waals surface area contributed by atoms with E-state index in [0.717, 1.165) is 32.5 Å². The molecule has 1 heterocycles. The Kier molecular flexibility index (Phi) is 7.01. The van der Waals surface area contributed by atoms with Crippen molar-refractivity contribution in [2.45, 2.75) is 57.7 Å². The summed E-state index contributed by atoms with van der Waals surface area (Å²) in [6.45, 7) is 4.99. The standard InChI is InChI=1S/C13H27NO2/c1-12(15)7-3-5-9-14(2)11-13-8-4-6-10-16-13/h12-13,15H,3-11H2,1-2H3. The Balaban J connectivity index is 1.99. The van der Waals surface area contributed by atoms with Gasteiger partial charge in [0.15, 0.2) is 0 Å². The molecular weight excluding hydrogens is 202 g/mol. The van der Waals surface area contributed by atoms with Crippen molar-refractivity contribution in [1.82, 2.24) is 4.90 Å². The van der Waals surface area contributed by atoms with Crippen LogP contribution in [0.2, 0.25) is 0 Å². The van der Waals surface area contributed by atoms with Crippen molar-refractivity contribution < 1.29 is 9.84 Å². The third-order valence-electron chi connectivity index (χ3n) is 3.20. The van der Waals surface area contributed by atoms with Crippen LogP contribution in [0.15, 0.2) is 0 Å². The Labute approximate surface area is 99.8 Å². The van der Waals surface area contributed by atoms with E-state index in [1.54, 1.807) is 0 Å². The summed E-state index contributed by atoms with van der Waals surface area (Å²) < 4.78 is 5.71. The minimum absolute atomic E-state index is 0.146. The van der Waals surface area contributed by atoms with Crippen LogP contribution in [-0.4, -0.2) is 49.0 Å². The Morgan fingerprint density at radius 3 is 2.81 bits per heavy atom. The van der Waals surface area contributed by atoms with Gasteiger partial charge in [0.25, 0.3) is 0 Å². The molecule has 1 rings (SSSR count). The van der Waals surface area contributed by atoms with Crippen LogP contribution < -0.4 is 0 Å². The monoisotopic (exact) mass is 229 g/mol. The van der Waals surface area contributed by atoms with Crippen LogP contribution in [0.25, 0.3) is 0 Å². The fourth-order valence-corrected chi connectivity index (χ4v) is 2.21. The number of hydrogen-bond acceptors (Lipinski definition) is 3. The molecule has 0 aromatic carbocycles. The highest BCUT2D eigenvalue weighted by Crippen LogP contribution is 2.13. The van der Waals surface area contributed by atoms with Crippen molar-refractivity contribution >= 4 is 0 Å². The molecule has 1 aliphatic heterocycles. The molecule has 0 aromatic heterocycles. The normalized spacial score (nSPS) is 23.6. The number of likely N-dealkylation sites (N-methyl/N-ethyl adjacent to an activating group) is 1. The zero-order valence-electron chi connectivity index (χ0n) is 10.8. The van der Waals surface area contributed by atoms with Crippen LogP contribution in [0, 0.1) is 0 Å². The summed E-state index contributed by atoms with van der Waals surface area (Å²) in [7, 11) is 2.17. The lowest BCUT2D eigenvalue weighted by Crippen LogP contribution is -2.33. The maximum absolute atomic E-state index is 9.15. The Morgan fingerprint density at radius 1 is 1.38 bits per heavy atom. The lowest BCUT2D eigenvalue weighted by atomic mass is 10.1. The molecule has 0 saturated carbocycles. The lowest BCUT2D eigenvalue weighted by Gasteiger charge is -2.27. The van der Waals surface area contributed by atoms with E-state index in [2.05, 4.69) is 11.9 Å². The van der Waals surface area contributed by atoms with Gasteiger partial charge in [-0.05, 0) is 59.0 Å². The summed E-state index contributed by atoms with van der Waals surface area (Å²) >= 11 is 0. The van der Waals surface area contributed by atoms with E-state index in [9.17, 15) is 0 Å². The molecule has 0 amide bonds. The van der Waals surface area contributed by atoms with E-state index in [-0.39, 0.29) is 6.10 Å². The summed E-state index contributed by atoms with van der Waals surface area (Å²) in [5, 5.41) is 9.15. The van der Waals surface area contributed by atoms with Gasteiger partial charge in [0.2, 0.25) is 0 Å². The van der Waals surface area contributed by atoms with Crippen LogP contribution in [0.4, 0.5) is 0 Å². The van der Waals surface area contributed by atoms with E-state index in [1.165, 1.54) is 25.7 Å². The molecule has 0 spiro atoms. The van der Waals surface area contributed by atoms with Crippen LogP contribution in [0.5, 0.6) is 0 Å². The smallest absolute Gasteiger partial charge is 0.0701 e.